The van der Waals surface area contributed by atoms with Crippen LogP contribution in [0.15, 0.2) is 42.5 Å². The lowest BCUT2D eigenvalue weighted by atomic mass is 10.1. The lowest BCUT2D eigenvalue weighted by Gasteiger charge is -2.09. The van der Waals surface area contributed by atoms with Crippen molar-refractivity contribution in [2.75, 3.05) is 12.8 Å². The number of benzene rings is 2. The van der Waals surface area contributed by atoms with Gasteiger partial charge in [0.25, 0.3) is 5.91 Å². The van der Waals surface area contributed by atoms with Crippen LogP contribution in [0, 0.1) is 5.82 Å². The fourth-order valence-corrected chi connectivity index (χ4v) is 1.77. The average Bonchev–Trinajstić information content (AvgIpc) is 2.46. The molecule has 0 atom stereocenters. The van der Waals surface area contributed by atoms with Gasteiger partial charge in [0, 0.05) is 12.2 Å². The van der Waals surface area contributed by atoms with Crippen LogP contribution >= 0.6 is 0 Å². The third kappa shape index (κ3) is 3.26. The van der Waals surface area contributed by atoms with Crippen molar-refractivity contribution in [3.63, 3.8) is 0 Å². The van der Waals surface area contributed by atoms with Gasteiger partial charge in [-0.1, -0.05) is 12.1 Å². The van der Waals surface area contributed by atoms with Gasteiger partial charge < -0.3 is 15.8 Å². The van der Waals surface area contributed by atoms with Gasteiger partial charge in [0.1, 0.15) is 11.6 Å². The molecule has 1 amide bonds. The fraction of sp³-hybridized carbons (Fsp3) is 0.133. The number of carbonyl (C=O) groups excluding carboxylic acids is 1. The van der Waals surface area contributed by atoms with Gasteiger partial charge in [0.15, 0.2) is 0 Å². The Morgan fingerprint density at radius 2 is 1.95 bits per heavy atom. The molecule has 0 aliphatic heterocycles. The quantitative estimate of drug-likeness (QED) is 0.841. The molecule has 104 valence electrons. The Hall–Kier alpha value is -2.56. The molecule has 0 bridgehead atoms. The van der Waals surface area contributed by atoms with Crippen LogP contribution in [0.3, 0.4) is 0 Å². The molecule has 0 aliphatic carbocycles. The number of anilines is 1. The maximum Gasteiger partial charge on any atom is 0.255 e. The molecule has 5 heteroatoms. The third-order valence-electron chi connectivity index (χ3n) is 2.84. The number of ether oxygens (including phenoxy) is 1. The number of hydrogen-bond donors (Lipinski definition) is 2. The summed E-state index contributed by atoms with van der Waals surface area (Å²) in [7, 11) is 1.43. The Kier molecular flexibility index (Phi) is 4.20. The molecule has 4 nitrogen and oxygen atoms in total. The van der Waals surface area contributed by atoms with E-state index in [9.17, 15) is 9.18 Å². The van der Waals surface area contributed by atoms with Crippen LogP contribution in [-0.4, -0.2) is 13.0 Å². The molecule has 0 radical (unpaired) electrons. The smallest absolute Gasteiger partial charge is 0.255 e. The minimum Gasteiger partial charge on any atom is -0.496 e. The van der Waals surface area contributed by atoms with E-state index in [2.05, 4.69) is 5.32 Å². The first-order valence-electron chi connectivity index (χ1n) is 6.06. The Morgan fingerprint density at radius 3 is 2.60 bits per heavy atom. The van der Waals surface area contributed by atoms with E-state index < -0.39 is 11.7 Å². The Morgan fingerprint density at radius 1 is 1.25 bits per heavy atom. The molecule has 0 spiro atoms. The summed E-state index contributed by atoms with van der Waals surface area (Å²) in [6, 6.07) is 11.0. The normalized spacial score (nSPS) is 10.1. The molecular formula is C15H15FN2O2. The second-order valence-corrected chi connectivity index (χ2v) is 4.27. The Bertz CT molecular complexity index is 612. The summed E-state index contributed by atoms with van der Waals surface area (Å²) in [4.78, 5) is 12.0. The minimum atomic E-state index is -0.483. The number of nitrogen functional groups attached to an aromatic ring is 1. The lowest BCUT2D eigenvalue weighted by Crippen LogP contribution is -2.23. The summed E-state index contributed by atoms with van der Waals surface area (Å²) in [5, 5.41) is 2.71. The first kappa shape index (κ1) is 13.9. The van der Waals surface area contributed by atoms with Crippen LogP contribution in [0.2, 0.25) is 0 Å². The van der Waals surface area contributed by atoms with Crippen molar-refractivity contribution in [2.45, 2.75) is 6.54 Å². The molecule has 2 aromatic rings. The average molecular weight is 274 g/mol. The largest absolute Gasteiger partial charge is 0.496 e. The highest BCUT2D eigenvalue weighted by Crippen LogP contribution is 2.19. The second kappa shape index (κ2) is 6.06. The maximum atomic E-state index is 13.2. The Balaban J connectivity index is 2.08. The molecule has 2 aromatic carbocycles. The van der Waals surface area contributed by atoms with Gasteiger partial charge in [-0.3, -0.25) is 4.79 Å². The number of methoxy groups -OCH3 is 1. The first-order chi connectivity index (χ1) is 9.60. The van der Waals surface area contributed by atoms with E-state index in [0.717, 1.165) is 11.6 Å². The predicted molar refractivity (Wildman–Crippen MR) is 75.0 cm³/mol. The van der Waals surface area contributed by atoms with Crippen LogP contribution in [-0.2, 0) is 6.54 Å². The molecule has 0 aliphatic rings. The minimum absolute atomic E-state index is 0.169. The Labute approximate surface area is 116 Å². The van der Waals surface area contributed by atoms with Crippen LogP contribution in [0.4, 0.5) is 10.1 Å². The molecule has 0 heterocycles. The molecule has 0 saturated heterocycles. The molecule has 0 unspecified atom stereocenters. The number of amides is 1. The van der Waals surface area contributed by atoms with Gasteiger partial charge in [-0.2, -0.15) is 0 Å². The van der Waals surface area contributed by atoms with Gasteiger partial charge in [-0.25, -0.2) is 4.39 Å². The van der Waals surface area contributed by atoms with Crippen LogP contribution in [0.1, 0.15) is 15.9 Å². The van der Waals surface area contributed by atoms with Crippen LogP contribution in [0.25, 0.3) is 0 Å². The van der Waals surface area contributed by atoms with Gasteiger partial charge in [-0.05, 0) is 35.9 Å². The number of carbonyl (C=O) groups is 1. The number of nitrogens with one attached hydrogen (secondary N) is 1. The summed E-state index contributed by atoms with van der Waals surface area (Å²) in [6.45, 7) is 0.332. The number of halogens is 1. The SMILES string of the molecule is COc1ccc(F)cc1C(=O)NCc1ccc(N)cc1. The van der Waals surface area contributed by atoms with Gasteiger partial charge in [0.2, 0.25) is 0 Å². The van der Waals surface area contributed by atoms with Gasteiger partial charge in [0.05, 0.1) is 12.7 Å². The number of rotatable bonds is 4. The van der Waals surface area contributed by atoms with Crippen molar-refractivity contribution in [2.24, 2.45) is 0 Å². The zero-order valence-electron chi connectivity index (χ0n) is 11.0. The van der Waals surface area contributed by atoms with Crippen molar-refractivity contribution in [3.05, 3.63) is 59.4 Å². The third-order valence-corrected chi connectivity index (χ3v) is 2.84. The van der Waals surface area contributed by atoms with E-state index in [-0.39, 0.29) is 5.56 Å². The number of hydrogen-bond acceptors (Lipinski definition) is 3. The van der Waals surface area contributed by atoms with E-state index >= 15 is 0 Å². The zero-order chi connectivity index (χ0) is 14.5. The van der Waals surface area contributed by atoms with Crippen molar-refractivity contribution in [1.82, 2.24) is 5.32 Å². The first-order valence-corrected chi connectivity index (χ1v) is 6.06. The monoisotopic (exact) mass is 274 g/mol. The summed E-state index contributed by atoms with van der Waals surface area (Å²) in [5.41, 5.74) is 7.32. The molecular weight excluding hydrogens is 259 g/mol. The van der Waals surface area contributed by atoms with Gasteiger partial charge >= 0.3 is 0 Å². The van der Waals surface area contributed by atoms with E-state index in [1.54, 1.807) is 12.1 Å². The van der Waals surface area contributed by atoms with E-state index in [0.29, 0.717) is 18.0 Å². The van der Waals surface area contributed by atoms with Crippen molar-refractivity contribution >= 4 is 11.6 Å². The molecule has 2 rings (SSSR count). The molecule has 0 fully saturated rings. The molecule has 0 saturated carbocycles. The highest BCUT2D eigenvalue weighted by atomic mass is 19.1. The van der Waals surface area contributed by atoms with E-state index in [4.69, 9.17) is 10.5 Å². The van der Waals surface area contributed by atoms with E-state index in [1.807, 2.05) is 12.1 Å². The predicted octanol–water partition coefficient (Wildman–Crippen LogP) is 2.35. The van der Waals surface area contributed by atoms with Crippen LogP contribution < -0.4 is 15.8 Å². The summed E-state index contributed by atoms with van der Waals surface area (Å²) < 4.78 is 18.2. The lowest BCUT2D eigenvalue weighted by molar-refractivity contribution is 0.0947. The highest BCUT2D eigenvalue weighted by Gasteiger charge is 2.12. The number of nitrogens with two attached hydrogens (primary N) is 1. The van der Waals surface area contributed by atoms with Gasteiger partial charge in [-0.15, -0.1) is 0 Å². The topological polar surface area (TPSA) is 64.3 Å². The van der Waals surface area contributed by atoms with Crippen molar-refractivity contribution in [1.29, 1.82) is 0 Å². The van der Waals surface area contributed by atoms with E-state index in [1.165, 1.54) is 19.2 Å². The molecule has 20 heavy (non-hydrogen) atoms. The maximum absolute atomic E-state index is 13.2. The summed E-state index contributed by atoms with van der Waals surface area (Å²) >= 11 is 0. The standard InChI is InChI=1S/C15H15FN2O2/c1-20-14-7-4-11(16)8-13(14)15(19)18-9-10-2-5-12(17)6-3-10/h2-8H,9,17H2,1H3,(H,18,19). The van der Waals surface area contributed by atoms with Crippen molar-refractivity contribution < 1.29 is 13.9 Å². The summed E-state index contributed by atoms with van der Waals surface area (Å²) in [6.07, 6.45) is 0. The fourth-order valence-electron chi connectivity index (χ4n) is 1.77. The summed E-state index contributed by atoms with van der Waals surface area (Å²) in [5.74, 6) is -0.539. The van der Waals surface area contributed by atoms with Crippen LogP contribution in [0.5, 0.6) is 5.75 Å². The molecule has 0 aromatic heterocycles. The second-order valence-electron chi connectivity index (χ2n) is 4.27. The molecule has 3 N–H and O–H groups in total. The zero-order valence-corrected chi connectivity index (χ0v) is 11.0. The van der Waals surface area contributed by atoms with Crippen molar-refractivity contribution in [3.8, 4) is 5.75 Å². The highest BCUT2D eigenvalue weighted by molar-refractivity contribution is 5.96.